The van der Waals surface area contributed by atoms with E-state index in [1.807, 2.05) is 110 Å². The largest absolute Gasteiger partial charge is 0.496 e. The maximum absolute atomic E-state index is 15.7. The van der Waals surface area contributed by atoms with Gasteiger partial charge in [0.05, 0.1) is 30.6 Å². The number of carbonyl (C=O) groups excluding carboxylic acids is 3. The van der Waals surface area contributed by atoms with Crippen LogP contribution < -0.4 is 25.1 Å². The van der Waals surface area contributed by atoms with Crippen LogP contribution in [-0.4, -0.2) is 77.6 Å². The van der Waals surface area contributed by atoms with E-state index in [4.69, 9.17) is 18.6 Å². The van der Waals surface area contributed by atoms with E-state index in [2.05, 4.69) is 60.1 Å². The molecule has 6 aromatic carbocycles. The monoisotopic (exact) mass is 1020 g/mol. The Hall–Kier alpha value is -6.84. The molecule has 382 valence electrons. The second-order valence-corrected chi connectivity index (χ2v) is 26.3. The highest BCUT2D eigenvalue weighted by atomic mass is 32.2. The van der Waals surface area contributed by atoms with E-state index in [0.29, 0.717) is 22.4 Å². The predicted molar refractivity (Wildman–Crippen MR) is 291 cm³/mol. The second kappa shape index (κ2) is 22.9. The van der Waals surface area contributed by atoms with Crippen LogP contribution in [0, 0.1) is 6.92 Å². The maximum Gasteiger partial charge on any atom is 0.408 e. The minimum Gasteiger partial charge on any atom is -0.496 e. The number of H-pyrrole nitrogens is 1. The topological polar surface area (TPSA) is 162 Å². The number of alkyl carbamates (subject to hydrolysis) is 1. The molecule has 0 fully saturated rings. The van der Waals surface area contributed by atoms with Crippen LogP contribution in [0.1, 0.15) is 76.6 Å². The van der Waals surface area contributed by atoms with Crippen molar-refractivity contribution in [3.05, 3.63) is 180 Å². The van der Waals surface area contributed by atoms with Gasteiger partial charge in [0.15, 0.2) is 5.78 Å². The summed E-state index contributed by atoms with van der Waals surface area (Å²) >= 11 is 0. The lowest BCUT2D eigenvalue weighted by atomic mass is 9.87. The first-order chi connectivity index (χ1) is 34.7. The van der Waals surface area contributed by atoms with Crippen molar-refractivity contribution in [3.8, 4) is 16.9 Å². The van der Waals surface area contributed by atoms with E-state index in [1.165, 1.54) is 12.1 Å². The maximum atomic E-state index is 15.7. The summed E-state index contributed by atoms with van der Waals surface area (Å²) in [5, 5.41) is 5.43. The van der Waals surface area contributed by atoms with Crippen LogP contribution in [-0.2, 0) is 46.4 Å². The minimum absolute atomic E-state index is 0.0126. The number of hydrogen-bond donors (Lipinski definition) is 3. The van der Waals surface area contributed by atoms with Crippen molar-refractivity contribution in [1.82, 2.24) is 15.0 Å². The van der Waals surface area contributed by atoms with Gasteiger partial charge in [-0.05, 0) is 109 Å². The molecule has 3 atom stereocenters. The van der Waals surface area contributed by atoms with E-state index >= 15 is 4.79 Å². The Morgan fingerprint density at radius 3 is 1.92 bits per heavy atom. The number of Topliss-reactive ketones (excluding diaryl/α,β-unsaturated/α-hetero) is 1. The Bertz CT molecular complexity index is 3080. The summed E-state index contributed by atoms with van der Waals surface area (Å²) in [5.41, 5.74) is 4.45. The van der Waals surface area contributed by atoms with Gasteiger partial charge in [-0.2, -0.15) is 4.72 Å². The van der Waals surface area contributed by atoms with Crippen LogP contribution in [0.25, 0.3) is 22.0 Å². The molecule has 0 aliphatic rings. The van der Waals surface area contributed by atoms with Crippen LogP contribution in [0.4, 0.5) is 4.79 Å². The smallest absolute Gasteiger partial charge is 0.408 e. The quantitative estimate of drug-likeness (QED) is 0.0499. The SMILES string of the molecule is CCOC(=O)[C@@H](Cc1c[nH]c2cc(-c3cc([C@H](CO[Si](c4ccccc4)(c4ccccc4)C(C)(C)C)C(=O)[C@@H](Cc4ccccc4)NC(=O)OC(C)(C)C)ccc3OC)ccc12)NS(=O)(=O)c1ccc(C)cc1. The van der Waals surface area contributed by atoms with E-state index in [-0.39, 0.29) is 36.7 Å². The molecule has 0 spiro atoms. The highest BCUT2D eigenvalue weighted by Crippen LogP contribution is 2.40. The lowest BCUT2D eigenvalue weighted by Gasteiger charge is -2.43. The van der Waals surface area contributed by atoms with Crippen molar-refractivity contribution in [3.63, 3.8) is 0 Å². The third kappa shape index (κ3) is 12.9. The molecule has 0 bridgehead atoms. The minimum atomic E-state index is -4.08. The third-order valence-corrected chi connectivity index (χ3v) is 19.4. The van der Waals surface area contributed by atoms with Gasteiger partial charge in [0.25, 0.3) is 8.32 Å². The van der Waals surface area contributed by atoms with Crippen LogP contribution in [0.2, 0.25) is 5.04 Å². The molecular formula is C59H67N3O9SSi. The molecule has 12 nitrogen and oxygen atoms in total. The number of methoxy groups -OCH3 is 1. The number of amides is 1. The molecule has 0 saturated heterocycles. The normalized spacial score (nSPS) is 13.4. The number of ketones is 1. The summed E-state index contributed by atoms with van der Waals surface area (Å²) in [6.45, 7) is 15.5. The average Bonchev–Trinajstić information content (AvgIpc) is 3.76. The molecule has 7 aromatic rings. The molecule has 1 heterocycles. The number of aromatic nitrogens is 1. The summed E-state index contributed by atoms with van der Waals surface area (Å²) in [6.07, 6.45) is 1.27. The van der Waals surface area contributed by atoms with Crippen LogP contribution in [0.5, 0.6) is 5.75 Å². The summed E-state index contributed by atoms with van der Waals surface area (Å²) in [5.74, 6) is -1.31. The molecule has 14 heteroatoms. The van der Waals surface area contributed by atoms with Crippen molar-refractivity contribution in [2.75, 3.05) is 20.3 Å². The standard InChI is InChI=1S/C59H67N3O9SSi/c1-10-69-56(64)53(62-72(66,67)45-30-26-40(2)27-31-45)37-44-38-60-51-36-43(28-32-48(44)51)49-35-42(29-33-54(49)68-9)50(55(63)52(34-41-20-14-11-15-21-41)61-57(65)71-58(3,4)5)39-70-73(59(6,7)8,46-22-16-12-17-23-46)47-24-18-13-19-25-47/h11-33,35-36,38,50,52-53,60,62H,10,34,37,39H2,1-9H3,(H,61,65)/t50-,52+,53+/m0/s1. The number of fused-ring (bicyclic) bond motifs is 1. The first-order valence-corrected chi connectivity index (χ1v) is 28.0. The Balaban J connectivity index is 1.31. The van der Waals surface area contributed by atoms with E-state index in [1.54, 1.807) is 53.1 Å². The Labute approximate surface area is 431 Å². The molecule has 0 aliphatic heterocycles. The van der Waals surface area contributed by atoms with Crippen LogP contribution in [0.15, 0.2) is 163 Å². The summed E-state index contributed by atoms with van der Waals surface area (Å²) in [4.78, 5) is 46.0. The van der Waals surface area contributed by atoms with E-state index in [0.717, 1.165) is 38.0 Å². The molecule has 0 unspecified atom stereocenters. The Morgan fingerprint density at radius 2 is 1.34 bits per heavy atom. The zero-order valence-electron chi connectivity index (χ0n) is 43.2. The zero-order valence-corrected chi connectivity index (χ0v) is 45.0. The molecule has 3 N–H and O–H groups in total. The summed E-state index contributed by atoms with van der Waals surface area (Å²) in [6, 6.07) is 45.7. The number of esters is 1. The molecular weight excluding hydrogens is 955 g/mol. The van der Waals surface area contributed by atoms with Gasteiger partial charge >= 0.3 is 12.1 Å². The first-order valence-electron chi connectivity index (χ1n) is 24.6. The number of hydrogen-bond acceptors (Lipinski definition) is 9. The molecule has 0 saturated carbocycles. The highest BCUT2D eigenvalue weighted by Gasteiger charge is 2.51. The second-order valence-electron chi connectivity index (χ2n) is 20.3. The van der Waals surface area contributed by atoms with Crippen LogP contribution in [0.3, 0.4) is 0 Å². The predicted octanol–water partition coefficient (Wildman–Crippen LogP) is 9.97. The number of rotatable bonds is 20. The van der Waals surface area contributed by atoms with Gasteiger partial charge in [-0.25, -0.2) is 13.2 Å². The van der Waals surface area contributed by atoms with Gasteiger partial charge < -0.3 is 28.9 Å². The molecule has 0 aliphatic carbocycles. The number of ether oxygens (including phenoxy) is 3. The summed E-state index contributed by atoms with van der Waals surface area (Å²) in [7, 11) is -5.69. The van der Waals surface area contributed by atoms with Gasteiger partial charge in [-0.15, -0.1) is 0 Å². The van der Waals surface area contributed by atoms with Gasteiger partial charge in [0, 0.05) is 35.7 Å². The van der Waals surface area contributed by atoms with E-state index < -0.39 is 59.0 Å². The molecule has 73 heavy (non-hydrogen) atoms. The van der Waals surface area contributed by atoms with Crippen LogP contribution >= 0.6 is 0 Å². The zero-order chi connectivity index (χ0) is 52.6. The molecule has 7 rings (SSSR count). The summed E-state index contributed by atoms with van der Waals surface area (Å²) < 4.78 is 54.3. The number of carbonyl (C=O) groups is 3. The first kappa shape index (κ1) is 53.9. The lowest BCUT2D eigenvalue weighted by molar-refractivity contribution is -0.145. The van der Waals surface area contributed by atoms with Crippen molar-refractivity contribution in [2.24, 2.45) is 0 Å². The highest BCUT2D eigenvalue weighted by molar-refractivity contribution is 7.89. The van der Waals surface area contributed by atoms with Gasteiger partial charge in [-0.3, -0.25) is 9.59 Å². The molecule has 0 radical (unpaired) electrons. The number of aromatic amines is 1. The van der Waals surface area contributed by atoms with Gasteiger partial charge in [0.1, 0.15) is 17.4 Å². The van der Waals surface area contributed by atoms with E-state index in [9.17, 15) is 18.0 Å². The van der Waals surface area contributed by atoms with Crippen molar-refractivity contribution in [2.45, 2.75) is 102 Å². The van der Waals surface area contributed by atoms with Gasteiger partial charge in [0.2, 0.25) is 10.0 Å². The van der Waals surface area contributed by atoms with Crippen molar-refractivity contribution in [1.29, 1.82) is 0 Å². The third-order valence-electron chi connectivity index (χ3n) is 12.9. The lowest BCUT2D eigenvalue weighted by Crippen LogP contribution is -2.67. The average molecular weight is 1020 g/mol. The number of nitrogens with one attached hydrogen (secondary N) is 3. The fraction of sp³-hybridized carbons (Fsp3) is 0.305. The van der Waals surface area contributed by atoms with Crippen molar-refractivity contribution < 1.29 is 41.4 Å². The fourth-order valence-corrected chi connectivity index (χ4v) is 15.1. The van der Waals surface area contributed by atoms with Crippen molar-refractivity contribution >= 4 is 57.5 Å². The number of aryl methyl sites for hydroxylation is 1. The number of sulfonamides is 1. The molecule has 1 amide bonds. The van der Waals surface area contributed by atoms with Gasteiger partial charge in [-0.1, -0.05) is 148 Å². The Morgan fingerprint density at radius 1 is 0.726 bits per heavy atom. The fourth-order valence-electron chi connectivity index (χ4n) is 9.38. The number of benzene rings is 6. The Kier molecular flexibility index (Phi) is 16.9. The molecule has 1 aromatic heterocycles.